The second-order valence-electron chi connectivity index (χ2n) is 4.32. The Morgan fingerprint density at radius 1 is 1.09 bits per heavy atom. The highest BCUT2D eigenvalue weighted by Crippen LogP contribution is 2.29. The van der Waals surface area contributed by atoms with Crippen LogP contribution >= 0.6 is 0 Å². The van der Waals surface area contributed by atoms with Crippen LogP contribution in [0.3, 0.4) is 0 Å². The molecule has 0 aromatic heterocycles. The standard InChI is InChI=1S/C9H19NO/c1-9(2)5-3-7-10(11)8-4-6-9/h11H,3-8H2,1-2H3. The van der Waals surface area contributed by atoms with Crippen molar-refractivity contribution in [1.29, 1.82) is 0 Å². The molecule has 0 aromatic rings. The maximum atomic E-state index is 9.22. The van der Waals surface area contributed by atoms with Gasteiger partial charge in [0.25, 0.3) is 0 Å². The van der Waals surface area contributed by atoms with E-state index in [2.05, 4.69) is 13.8 Å². The number of nitrogens with zero attached hydrogens (tertiary/aromatic N) is 1. The molecule has 0 bridgehead atoms. The molecule has 1 aliphatic rings. The minimum Gasteiger partial charge on any atom is -0.314 e. The average Bonchev–Trinajstić information content (AvgIpc) is 1.83. The quantitative estimate of drug-likeness (QED) is 0.583. The highest BCUT2D eigenvalue weighted by atomic mass is 16.5. The summed E-state index contributed by atoms with van der Waals surface area (Å²) in [6, 6.07) is 0. The molecule has 11 heavy (non-hydrogen) atoms. The van der Waals surface area contributed by atoms with E-state index < -0.39 is 0 Å². The van der Waals surface area contributed by atoms with Gasteiger partial charge in [-0.05, 0) is 31.1 Å². The SMILES string of the molecule is CC1(C)CCCN(O)CCC1. The predicted molar refractivity (Wildman–Crippen MR) is 45.6 cm³/mol. The Balaban J connectivity index is 2.35. The Bertz CT molecular complexity index is 111. The zero-order valence-corrected chi connectivity index (χ0v) is 7.64. The summed E-state index contributed by atoms with van der Waals surface area (Å²) in [5, 5.41) is 10.7. The van der Waals surface area contributed by atoms with Gasteiger partial charge in [-0.1, -0.05) is 13.8 Å². The van der Waals surface area contributed by atoms with E-state index in [0.29, 0.717) is 5.41 Å². The third kappa shape index (κ3) is 3.21. The van der Waals surface area contributed by atoms with Gasteiger partial charge in [-0.2, -0.15) is 5.06 Å². The van der Waals surface area contributed by atoms with Crippen LogP contribution in [0, 0.1) is 5.41 Å². The monoisotopic (exact) mass is 157 g/mol. The smallest absolute Gasteiger partial charge is 0.0238 e. The molecule has 0 saturated carbocycles. The molecule has 0 spiro atoms. The van der Waals surface area contributed by atoms with Crippen LogP contribution in [0.4, 0.5) is 0 Å². The summed E-state index contributed by atoms with van der Waals surface area (Å²) in [6.07, 6.45) is 4.74. The lowest BCUT2D eigenvalue weighted by molar-refractivity contribution is -0.0994. The Kier molecular flexibility index (Phi) is 2.90. The summed E-state index contributed by atoms with van der Waals surface area (Å²) < 4.78 is 0. The molecule has 0 aliphatic carbocycles. The number of hydrogen-bond acceptors (Lipinski definition) is 2. The lowest BCUT2D eigenvalue weighted by Gasteiger charge is -2.29. The molecule has 2 heteroatoms. The Morgan fingerprint density at radius 3 is 2.00 bits per heavy atom. The molecule has 1 rings (SSSR count). The molecule has 0 aromatic carbocycles. The van der Waals surface area contributed by atoms with Crippen molar-refractivity contribution in [1.82, 2.24) is 5.06 Å². The lowest BCUT2D eigenvalue weighted by Crippen LogP contribution is -2.27. The van der Waals surface area contributed by atoms with Gasteiger partial charge in [0.2, 0.25) is 0 Å². The van der Waals surface area contributed by atoms with Crippen molar-refractivity contribution in [3.63, 3.8) is 0 Å². The molecule has 1 aliphatic heterocycles. The first-order valence-electron chi connectivity index (χ1n) is 4.54. The van der Waals surface area contributed by atoms with Crippen molar-refractivity contribution in [2.75, 3.05) is 13.1 Å². The van der Waals surface area contributed by atoms with Crippen LogP contribution in [-0.4, -0.2) is 23.4 Å². The van der Waals surface area contributed by atoms with E-state index in [1.54, 1.807) is 0 Å². The van der Waals surface area contributed by atoms with Gasteiger partial charge in [0.15, 0.2) is 0 Å². The van der Waals surface area contributed by atoms with Gasteiger partial charge in [-0.15, -0.1) is 0 Å². The van der Waals surface area contributed by atoms with E-state index >= 15 is 0 Å². The lowest BCUT2D eigenvalue weighted by atomic mass is 9.82. The van der Waals surface area contributed by atoms with Gasteiger partial charge in [-0.3, -0.25) is 0 Å². The van der Waals surface area contributed by atoms with E-state index in [-0.39, 0.29) is 0 Å². The molecular weight excluding hydrogens is 138 g/mol. The Morgan fingerprint density at radius 2 is 1.55 bits per heavy atom. The zero-order chi connectivity index (χ0) is 8.32. The molecule has 1 saturated heterocycles. The van der Waals surface area contributed by atoms with Crippen LogP contribution in [-0.2, 0) is 0 Å². The van der Waals surface area contributed by atoms with E-state index in [9.17, 15) is 5.21 Å². The van der Waals surface area contributed by atoms with Crippen LogP contribution in [0.2, 0.25) is 0 Å². The van der Waals surface area contributed by atoms with E-state index in [0.717, 1.165) is 25.9 Å². The number of hydroxylamine groups is 2. The van der Waals surface area contributed by atoms with Crippen molar-refractivity contribution in [3.8, 4) is 0 Å². The van der Waals surface area contributed by atoms with Gasteiger partial charge < -0.3 is 5.21 Å². The molecule has 2 nitrogen and oxygen atoms in total. The third-order valence-corrected chi connectivity index (χ3v) is 2.54. The summed E-state index contributed by atoms with van der Waals surface area (Å²) >= 11 is 0. The van der Waals surface area contributed by atoms with E-state index in [1.165, 1.54) is 17.9 Å². The molecule has 1 fully saturated rings. The molecule has 1 heterocycles. The second-order valence-corrected chi connectivity index (χ2v) is 4.32. The average molecular weight is 157 g/mol. The zero-order valence-electron chi connectivity index (χ0n) is 7.64. The van der Waals surface area contributed by atoms with Crippen LogP contribution in [0.5, 0.6) is 0 Å². The molecule has 66 valence electrons. The van der Waals surface area contributed by atoms with Crippen LogP contribution in [0.15, 0.2) is 0 Å². The van der Waals surface area contributed by atoms with Crippen LogP contribution in [0.25, 0.3) is 0 Å². The first-order chi connectivity index (χ1) is 5.10. The third-order valence-electron chi connectivity index (χ3n) is 2.54. The fourth-order valence-corrected chi connectivity index (χ4v) is 1.72. The highest BCUT2D eigenvalue weighted by Gasteiger charge is 2.19. The number of rotatable bonds is 0. The second kappa shape index (κ2) is 3.55. The van der Waals surface area contributed by atoms with Crippen molar-refractivity contribution < 1.29 is 5.21 Å². The Hall–Kier alpha value is -0.0800. The molecule has 0 atom stereocenters. The first-order valence-corrected chi connectivity index (χ1v) is 4.54. The molecule has 0 amide bonds. The van der Waals surface area contributed by atoms with Gasteiger partial charge >= 0.3 is 0 Å². The fourth-order valence-electron chi connectivity index (χ4n) is 1.72. The summed E-state index contributed by atoms with van der Waals surface area (Å²) in [5.41, 5.74) is 0.501. The summed E-state index contributed by atoms with van der Waals surface area (Å²) in [6.45, 7) is 6.34. The van der Waals surface area contributed by atoms with Crippen LogP contribution in [0.1, 0.15) is 39.5 Å². The topological polar surface area (TPSA) is 23.5 Å². The van der Waals surface area contributed by atoms with Crippen molar-refractivity contribution in [3.05, 3.63) is 0 Å². The predicted octanol–water partition coefficient (Wildman–Crippen LogP) is 2.28. The van der Waals surface area contributed by atoms with E-state index in [4.69, 9.17) is 0 Å². The minimum atomic E-state index is 0.501. The summed E-state index contributed by atoms with van der Waals surface area (Å²) in [4.78, 5) is 0. The molecular formula is C9H19NO. The Labute approximate surface area is 69.2 Å². The van der Waals surface area contributed by atoms with Crippen LogP contribution < -0.4 is 0 Å². The summed E-state index contributed by atoms with van der Waals surface area (Å²) in [7, 11) is 0. The van der Waals surface area contributed by atoms with Crippen molar-refractivity contribution in [2.45, 2.75) is 39.5 Å². The fraction of sp³-hybridized carbons (Fsp3) is 1.00. The van der Waals surface area contributed by atoms with Gasteiger partial charge in [0, 0.05) is 13.1 Å². The first kappa shape index (κ1) is 9.01. The summed E-state index contributed by atoms with van der Waals surface area (Å²) in [5.74, 6) is 0. The minimum absolute atomic E-state index is 0.501. The highest BCUT2D eigenvalue weighted by molar-refractivity contribution is 4.71. The van der Waals surface area contributed by atoms with Gasteiger partial charge in [0.1, 0.15) is 0 Å². The molecule has 0 unspecified atom stereocenters. The largest absolute Gasteiger partial charge is 0.314 e. The molecule has 0 radical (unpaired) electrons. The molecule has 1 N–H and O–H groups in total. The maximum Gasteiger partial charge on any atom is 0.0238 e. The van der Waals surface area contributed by atoms with Gasteiger partial charge in [0.05, 0.1) is 0 Å². The van der Waals surface area contributed by atoms with Gasteiger partial charge in [-0.25, -0.2) is 0 Å². The van der Waals surface area contributed by atoms with E-state index in [1.807, 2.05) is 0 Å². The van der Waals surface area contributed by atoms with Crippen molar-refractivity contribution >= 4 is 0 Å². The normalized spacial score (nSPS) is 27.5. The maximum absolute atomic E-state index is 9.22. The number of hydrogen-bond donors (Lipinski definition) is 1. The van der Waals surface area contributed by atoms with Crippen molar-refractivity contribution in [2.24, 2.45) is 5.41 Å².